The molecule has 0 amide bonds. The van der Waals surface area contributed by atoms with Gasteiger partial charge in [0.1, 0.15) is 6.10 Å². The highest BCUT2D eigenvalue weighted by molar-refractivity contribution is 6.32. The maximum atomic E-state index is 10.9. The number of para-hydroxylation sites is 1. The summed E-state index contributed by atoms with van der Waals surface area (Å²) in [5.41, 5.74) is 5.67. The predicted octanol–water partition coefficient (Wildman–Crippen LogP) is 2.51. The smallest absolute Gasteiger partial charge is 0.312 e. The fraction of sp³-hybridized carbons (Fsp3) is 0.455. The van der Waals surface area contributed by atoms with Crippen molar-refractivity contribution in [2.45, 2.75) is 31.4 Å². The molecule has 1 aliphatic carbocycles. The van der Waals surface area contributed by atoms with E-state index in [0.717, 1.165) is 12.8 Å². The van der Waals surface area contributed by atoms with Crippen LogP contribution in [0.5, 0.6) is 5.75 Å². The summed E-state index contributed by atoms with van der Waals surface area (Å²) in [4.78, 5) is 10.4. The molecule has 1 aromatic rings. The molecule has 0 bridgehead atoms. The molecule has 0 aliphatic heterocycles. The van der Waals surface area contributed by atoms with Crippen molar-refractivity contribution in [3.05, 3.63) is 33.3 Å². The normalized spacial score (nSPS) is 23.6. The van der Waals surface area contributed by atoms with Crippen LogP contribution in [0.2, 0.25) is 5.02 Å². The third kappa shape index (κ3) is 2.68. The lowest BCUT2D eigenvalue weighted by Gasteiger charge is -2.14. The van der Waals surface area contributed by atoms with Crippen molar-refractivity contribution in [3.8, 4) is 5.75 Å². The number of rotatable bonds is 3. The van der Waals surface area contributed by atoms with Gasteiger partial charge >= 0.3 is 5.69 Å². The van der Waals surface area contributed by atoms with E-state index in [0.29, 0.717) is 6.42 Å². The second kappa shape index (κ2) is 4.89. The largest absolute Gasteiger partial charge is 0.482 e. The molecular formula is C11H13ClN2O3. The van der Waals surface area contributed by atoms with Crippen molar-refractivity contribution in [3.63, 3.8) is 0 Å². The maximum absolute atomic E-state index is 10.9. The van der Waals surface area contributed by atoms with Gasteiger partial charge in [0.15, 0.2) is 0 Å². The number of halogens is 1. The van der Waals surface area contributed by atoms with Gasteiger partial charge in [0.05, 0.1) is 9.95 Å². The van der Waals surface area contributed by atoms with Crippen LogP contribution in [0.4, 0.5) is 5.69 Å². The van der Waals surface area contributed by atoms with Crippen LogP contribution in [-0.4, -0.2) is 17.1 Å². The van der Waals surface area contributed by atoms with Gasteiger partial charge < -0.3 is 10.5 Å². The van der Waals surface area contributed by atoms with E-state index < -0.39 is 4.92 Å². The molecule has 2 rings (SSSR count). The van der Waals surface area contributed by atoms with Crippen LogP contribution >= 0.6 is 11.6 Å². The van der Waals surface area contributed by atoms with Crippen LogP contribution in [0.3, 0.4) is 0 Å². The van der Waals surface area contributed by atoms with Crippen LogP contribution in [-0.2, 0) is 0 Å². The molecule has 1 saturated carbocycles. The Kier molecular flexibility index (Phi) is 3.49. The van der Waals surface area contributed by atoms with E-state index in [-0.39, 0.29) is 28.6 Å². The van der Waals surface area contributed by atoms with E-state index >= 15 is 0 Å². The van der Waals surface area contributed by atoms with E-state index in [1.54, 1.807) is 6.07 Å². The molecule has 2 atom stereocenters. The van der Waals surface area contributed by atoms with Crippen molar-refractivity contribution in [2.75, 3.05) is 0 Å². The number of nitrogens with zero attached hydrogens (tertiary/aromatic N) is 1. The molecule has 1 aliphatic rings. The molecule has 92 valence electrons. The Bertz CT molecular complexity index is 439. The molecular weight excluding hydrogens is 244 g/mol. The monoisotopic (exact) mass is 256 g/mol. The summed E-state index contributed by atoms with van der Waals surface area (Å²) in [7, 11) is 0. The van der Waals surface area contributed by atoms with E-state index in [1.807, 2.05) is 0 Å². The second-order valence-electron chi connectivity index (χ2n) is 4.16. The number of nitrogens with two attached hydrogens (primary N) is 1. The lowest BCUT2D eigenvalue weighted by molar-refractivity contribution is -0.386. The number of hydrogen-bond acceptors (Lipinski definition) is 4. The van der Waals surface area contributed by atoms with Gasteiger partial charge in [-0.05, 0) is 25.3 Å². The van der Waals surface area contributed by atoms with Crippen LogP contribution in [0.25, 0.3) is 0 Å². The molecule has 17 heavy (non-hydrogen) atoms. The Morgan fingerprint density at radius 1 is 1.47 bits per heavy atom. The van der Waals surface area contributed by atoms with Crippen molar-refractivity contribution < 1.29 is 9.66 Å². The van der Waals surface area contributed by atoms with E-state index in [9.17, 15) is 10.1 Å². The van der Waals surface area contributed by atoms with Crippen molar-refractivity contribution in [2.24, 2.45) is 5.73 Å². The molecule has 0 heterocycles. The lowest BCUT2D eigenvalue weighted by Crippen LogP contribution is -2.19. The number of hydrogen-bond donors (Lipinski definition) is 1. The van der Waals surface area contributed by atoms with Crippen LogP contribution in [0.15, 0.2) is 18.2 Å². The molecule has 2 unspecified atom stereocenters. The van der Waals surface area contributed by atoms with Crippen molar-refractivity contribution in [1.82, 2.24) is 0 Å². The molecule has 0 aromatic heterocycles. The lowest BCUT2D eigenvalue weighted by atomic mass is 10.2. The highest BCUT2D eigenvalue weighted by atomic mass is 35.5. The van der Waals surface area contributed by atoms with Crippen LogP contribution in [0, 0.1) is 10.1 Å². The van der Waals surface area contributed by atoms with Crippen molar-refractivity contribution in [1.29, 1.82) is 0 Å². The zero-order valence-corrected chi connectivity index (χ0v) is 9.89. The average molecular weight is 257 g/mol. The van der Waals surface area contributed by atoms with E-state index in [1.165, 1.54) is 12.1 Å². The van der Waals surface area contributed by atoms with E-state index in [4.69, 9.17) is 22.1 Å². The predicted molar refractivity (Wildman–Crippen MR) is 64.3 cm³/mol. The fourth-order valence-corrected chi connectivity index (χ4v) is 2.22. The van der Waals surface area contributed by atoms with Gasteiger partial charge in [0.25, 0.3) is 0 Å². The minimum atomic E-state index is -0.490. The minimum Gasteiger partial charge on any atom is -0.482 e. The Morgan fingerprint density at radius 3 is 2.82 bits per heavy atom. The molecule has 1 fully saturated rings. The van der Waals surface area contributed by atoms with Gasteiger partial charge in [0.2, 0.25) is 5.75 Å². The summed E-state index contributed by atoms with van der Waals surface area (Å²) < 4.78 is 5.62. The zero-order chi connectivity index (χ0) is 12.4. The third-order valence-electron chi connectivity index (χ3n) is 2.85. The van der Waals surface area contributed by atoms with Crippen LogP contribution < -0.4 is 10.5 Å². The maximum Gasteiger partial charge on any atom is 0.312 e. The first-order valence-corrected chi connectivity index (χ1v) is 5.81. The molecule has 1 aromatic carbocycles. The molecule has 0 saturated heterocycles. The van der Waals surface area contributed by atoms with Gasteiger partial charge in [0, 0.05) is 12.1 Å². The topological polar surface area (TPSA) is 78.4 Å². The molecule has 2 N–H and O–H groups in total. The first kappa shape index (κ1) is 12.1. The highest BCUT2D eigenvalue weighted by Gasteiger charge is 2.27. The molecule has 5 nitrogen and oxygen atoms in total. The first-order valence-electron chi connectivity index (χ1n) is 5.43. The number of ether oxygens (including phenoxy) is 1. The first-order chi connectivity index (χ1) is 8.08. The average Bonchev–Trinajstić information content (AvgIpc) is 2.67. The Balaban J connectivity index is 2.22. The minimum absolute atomic E-state index is 0.0800. The SMILES string of the molecule is NC1CCC(Oc2c(Cl)cccc2[N+](=O)[O-])C1. The number of benzene rings is 1. The summed E-state index contributed by atoms with van der Waals surface area (Å²) in [5.74, 6) is 0.151. The third-order valence-corrected chi connectivity index (χ3v) is 3.15. The number of nitro benzene ring substituents is 1. The Labute approximate surface area is 104 Å². The Morgan fingerprint density at radius 2 is 2.24 bits per heavy atom. The standard InChI is InChI=1S/C11H13ClN2O3/c12-9-2-1-3-10(14(15)16)11(9)17-8-5-4-7(13)6-8/h1-3,7-8H,4-6,13H2. The summed E-state index contributed by atoms with van der Waals surface area (Å²) in [6, 6.07) is 4.62. The zero-order valence-electron chi connectivity index (χ0n) is 9.14. The Hall–Kier alpha value is -1.33. The summed E-state index contributed by atoms with van der Waals surface area (Å²) in [6.45, 7) is 0. The molecule has 0 spiro atoms. The van der Waals surface area contributed by atoms with E-state index in [2.05, 4.69) is 0 Å². The van der Waals surface area contributed by atoms with Gasteiger partial charge in [-0.3, -0.25) is 10.1 Å². The fourth-order valence-electron chi connectivity index (χ4n) is 2.00. The molecule has 0 radical (unpaired) electrons. The van der Waals surface area contributed by atoms with Gasteiger partial charge in [-0.2, -0.15) is 0 Å². The number of nitro groups is 1. The van der Waals surface area contributed by atoms with Gasteiger partial charge in [-0.1, -0.05) is 17.7 Å². The van der Waals surface area contributed by atoms with Gasteiger partial charge in [-0.25, -0.2) is 0 Å². The van der Waals surface area contributed by atoms with Crippen LogP contribution in [0.1, 0.15) is 19.3 Å². The van der Waals surface area contributed by atoms with Crippen molar-refractivity contribution >= 4 is 17.3 Å². The summed E-state index contributed by atoms with van der Waals surface area (Å²) in [6.07, 6.45) is 2.32. The highest BCUT2D eigenvalue weighted by Crippen LogP contribution is 2.37. The summed E-state index contributed by atoms with van der Waals surface area (Å²) in [5, 5.41) is 11.1. The molecule has 6 heteroatoms. The summed E-state index contributed by atoms with van der Waals surface area (Å²) >= 11 is 5.93. The second-order valence-corrected chi connectivity index (χ2v) is 4.57. The quantitative estimate of drug-likeness (QED) is 0.666. The van der Waals surface area contributed by atoms with Gasteiger partial charge in [-0.15, -0.1) is 0 Å².